The number of anilines is 2. The predicted molar refractivity (Wildman–Crippen MR) is 236 cm³/mol. The summed E-state index contributed by atoms with van der Waals surface area (Å²) in [5.41, 5.74) is 0.330. The number of carbonyl (C=O) groups excluding carboxylic acids is 2. The number of sulfonamides is 2. The van der Waals surface area contributed by atoms with Crippen LogP contribution < -0.4 is 39.9 Å². The summed E-state index contributed by atoms with van der Waals surface area (Å²) in [6, 6.07) is 24.6. The van der Waals surface area contributed by atoms with Gasteiger partial charge in [-0.15, -0.1) is 0 Å². The lowest BCUT2D eigenvalue weighted by Crippen LogP contribution is -2.16. The number of carbonyl (C=O) groups is 2. The number of primary sulfonamides is 2. The van der Waals surface area contributed by atoms with Crippen molar-refractivity contribution in [3.05, 3.63) is 151 Å². The topological polar surface area (TPSA) is 215 Å². The number of ether oxygens (including phenoxy) is 4. The van der Waals surface area contributed by atoms with E-state index in [-0.39, 0.29) is 81.1 Å². The molecular weight excluding hydrogens is 957 g/mol. The molecule has 6 aromatic carbocycles. The summed E-state index contributed by atoms with van der Waals surface area (Å²) in [6.45, 7) is 0. The molecular formula is C40H30Cl5FN4O10S2. The van der Waals surface area contributed by atoms with Gasteiger partial charge < -0.3 is 29.6 Å². The van der Waals surface area contributed by atoms with E-state index in [1.807, 2.05) is 0 Å². The molecule has 0 aliphatic heterocycles. The van der Waals surface area contributed by atoms with Gasteiger partial charge in [-0.05, 0) is 72.8 Å². The van der Waals surface area contributed by atoms with Gasteiger partial charge in [0.15, 0.2) is 23.0 Å². The van der Waals surface area contributed by atoms with Crippen molar-refractivity contribution in [2.24, 2.45) is 10.3 Å². The van der Waals surface area contributed by atoms with Gasteiger partial charge in [0.1, 0.15) is 22.9 Å². The molecule has 0 saturated heterocycles. The summed E-state index contributed by atoms with van der Waals surface area (Å²) in [5, 5.41) is 16.3. The van der Waals surface area contributed by atoms with Crippen molar-refractivity contribution >= 4 is 101 Å². The van der Waals surface area contributed by atoms with Crippen molar-refractivity contribution in [3.63, 3.8) is 0 Å². The Hall–Kier alpha value is -5.34. The van der Waals surface area contributed by atoms with E-state index in [1.165, 1.54) is 93.1 Å². The maximum absolute atomic E-state index is 13.5. The number of benzene rings is 6. The Kier molecular flexibility index (Phi) is 15.6. The van der Waals surface area contributed by atoms with Crippen molar-refractivity contribution in [2.75, 3.05) is 24.9 Å². The zero-order valence-corrected chi connectivity index (χ0v) is 37.1. The monoisotopic (exact) mass is 984 g/mol. The second-order valence-electron chi connectivity index (χ2n) is 12.4. The number of amides is 2. The van der Waals surface area contributed by atoms with Crippen molar-refractivity contribution < 1.29 is 49.8 Å². The van der Waals surface area contributed by atoms with Crippen LogP contribution >= 0.6 is 58.0 Å². The first-order valence-corrected chi connectivity index (χ1v) is 22.0. The zero-order valence-electron chi connectivity index (χ0n) is 31.7. The molecule has 0 spiro atoms. The molecule has 0 heterocycles. The third-order valence-corrected chi connectivity index (χ3v) is 11.3. The van der Waals surface area contributed by atoms with Gasteiger partial charge in [-0.25, -0.2) is 31.5 Å². The maximum atomic E-state index is 13.5. The molecule has 0 fully saturated rings. The average Bonchev–Trinajstić information content (AvgIpc) is 3.20. The van der Waals surface area contributed by atoms with Gasteiger partial charge in [0.25, 0.3) is 11.8 Å². The highest BCUT2D eigenvalue weighted by Crippen LogP contribution is 2.40. The molecule has 0 aliphatic rings. The van der Waals surface area contributed by atoms with E-state index in [0.717, 1.165) is 12.1 Å². The van der Waals surface area contributed by atoms with Gasteiger partial charge in [0, 0.05) is 45.7 Å². The van der Waals surface area contributed by atoms with E-state index in [9.17, 15) is 30.8 Å². The van der Waals surface area contributed by atoms with Crippen LogP contribution in [0.4, 0.5) is 15.8 Å². The fourth-order valence-electron chi connectivity index (χ4n) is 5.22. The van der Waals surface area contributed by atoms with Crippen LogP contribution in [0.3, 0.4) is 0 Å². The van der Waals surface area contributed by atoms with E-state index >= 15 is 0 Å². The first-order valence-electron chi connectivity index (χ1n) is 17.1. The van der Waals surface area contributed by atoms with Crippen LogP contribution in [-0.2, 0) is 20.0 Å². The highest BCUT2D eigenvalue weighted by molar-refractivity contribution is 7.89. The van der Waals surface area contributed by atoms with Crippen LogP contribution in [0.15, 0.2) is 119 Å². The minimum absolute atomic E-state index is 0.0122. The smallest absolute Gasteiger partial charge is 0.260 e. The van der Waals surface area contributed by atoms with Gasteiger partial charge in [0.2, 0.25) is 20.0 Å². The van der Waals surface area contributed by atoms with E-state index in [0.29, 0.717) is 10.8 Å². The number of hydrogen-bond donors (Lipinski definition) is 4. The molecule has 0 aliphatic carbocycles. The van der Waals surface area contributed by atoms with E-state index < -0.39 is 37.7 Å². The number of methoxy groups -OCH3 is 2. The first kappa shape index (κ1) is 47.7. The summed E-state index contributed by atoms with van der Waals surface area (Å²) >= 11 is 30.5. The lowest BCUT2D eigenvalue weighted by Gasteiger charge is -2.15. The standard InChI is InChI=1S/C20H15Cl3N2O5S.C20H15Cl2FN2O5S/c1-29-17-8-11(21)5-6-16(17)30-18-9-12(22)7-15(23)19(18)20(26)25-13-3-2-4-14(10-13)31(24,27)28;1-29-19-7-11(23)5-6-17(19)30-18-10-16(22)15(21)9-14(18)20(26)25-12-3-2-4-13(8-12)31(24,27)28/h2*2-10H,1H3,(H,25,26)(H2,24,27,28). The second-order valence-corrected chi connectivity index (χ2v) is 17.6. The van der Waals surface area contributed by atoms with E-state index in [2.05, 4.69) is 10.6 Å². The third-order valence-electron chi connectivity index (χ3n) is 8.05. The van der Waals surface area contributed by atoms with E-state index in [1.54, 1.807) is 18.2 Å². The summed E-state index contributed by atoms with van der Waals surface area (Å²) < 4.78 is 81.6. The lowest BCUT2D eigenvalue weighted by molar-refractivity contribution is 0.101. The summed E-state index contributed by atoms with van der Waals surface area (Å²) in [7, 11) is -5.13. The number of rotatable bonds is 12. The zero-order chi connectivity index (χ0) is 45.5. The van der Waals surface area contributed by atoms with Gasteiger partial charge in [0.05, 0.1) is 44.6 Å². The number of nitrogens with one attached hydrogen (secondary N) is 2. The highest BCUT2D eigenvalue weighted by Gasteiger charge is 2.22. The van der Waals surface area contributed by atoms with Crippen LogP contribution in [0.25, 0.3) is 0 Å². The molecule has 6 N–H and O–H groups in total. The highest BCUT2D eigenvalue weighted by atomic mass is 35.5. The normalized spacial score (nSPS) is 11.1. The van der Waals surface area contributed by atoms with Crippen molar-refractivity contribution in [2.45, 2.75) is 9.79 Å². The molecule has 6 aromatic rings. The van der Waals surface area contributed by atoms with Crippen LogP contribution in [0.2, 0.25) is 25.1 Å². The Morgan fingerprint density at radius 3 is 1.60 bits per heavy atom. The van der Waals surface area contributed by atoms with Crippen LogP contribution in [0, 0.1) is 5.82 Å². The average molecular weight is 987 g/mol. The van der Waals surface area contributed by atoms with Gasteiger partial charge in [-0.2, -0.15) is 0 Å². The quantitative estimate of drug-likeness (QED) is 0.0910. The molecule has 22 heteroatoms. The van der Waals surface area contributed by atoms with Gasteiger partial charge in [-0.3, -0.25) is 9.59 Å². The third kappa shape index (κ3) is 12.4. The fraction of sp³-hybridized carbons (Fsp3) is 0.0500. The molecule has 0 bridgehead atoms. The van der Waals surface area contributed by atoms with Gasteiger partial charge >= 0.3 is 0 Å². The SMILES string of the molecule is COc1cc(Cl)ccc1Oc1cc(Cl)cc(Cl)c1C(=O)Nc1cccc(S(N)(=O)=O)c1.COc1cc(F)ccc1Oc1cc(Cl)c(Cl)cc1C(=O)Nc1cccc(S(N)(=O)=O)c1. The molecule has 0 unspecified atom stereocenters. The Morgan fingerprint density at radius 1 is 0.532 bits per heavy atom. The maximum Gasteiger partial charge on any atom is 0.260 e. The Labute approximate surface area is 379 Å². The number of hydrogen-bond acceptors (Lipinski definition) is 10. The van der Waals surface area contributed by atoms with Crippen LogP contribution in [0.5, 0.6) is 34.5 Å². The second kappa shape index (κ2) is 20.2. The van der Waals surface area contributed by atoms with Crippen molar-refractivity contribution in [3.8, 4) is 34.5 Å². The fourth-order valence-corrected chi connectivity index (χ4v) is 7.38. The molecule has 14 nitrogen and oxygen atoms in total. The molecule has 6 rings (SSSR count). The number of nitrogens with two attached hydrogens (primary N) is 2. The first-order chi connectivity index (χ1) is 29.2. The molecule has 62 heavy (non-hydrogen) atoms. The summed E-state index contributed by atoms with van der Waals surface area (Å²) in [4.78, 5) is 25.5. The summed E-state index contributed by atoms with van der Waals surface area (Å²) in [5.74, 6) is -0.960. The van der Waals surface area contributed by atoms with Crippen LogP contribution in [0.1, 0.15) is 20.7 Å². The molecule has 0 aromatic heterocycles. The Bertz CT molecular complexity index is 2930. The molecule has 2 amide bonds. The van der Waals surface area contributed by atoms with E-state index in [4.69, 9.17) is 87.2 Å². The number of halogens is 6. The van der Waals surface area contributed by atoms with Gasteiger partial charge in [-0.1, -0.05) is 70.1 Å². The van der Waals surface area contributed by atoms with Crippen LogP contribution in [-0.4, -0.2) is 42.9 Å². The molecule has 0 atom stereocenters. The minimum Gasteiger partial charge on any atom is -0.493 e. The Balaban J connectivity index is 0.000000234. The van der Waals surface area contributed by atoms with Crippen molar-refractivity contribution in [1.29, 1.82) is 0 Å². The van der Waals surface area contributed by atoms with Crippen molar-refractivity contribution in [1.82, 2.24) is 0 Å². The minimum atomic E-state index is -3.96. The lowest BCUT2D eigenvalue weighted by atomic mass is 10.1. The molecule has 0 saturated carbocycles. The summed E-state index contributed by atoms with van der Waals surface area (Å²) in [6.07, 6.45) is 0. The molecule has 0 radical (unpaired) electrons. The predicted octanol–water partition coefficient (Wildman–Crippen LogP) is 10.2. The molecule has 324 valence electrons. The largest absolute Gasteiger partial charge is 0.493 e. The Morgan fingerprint density at radius 2 is 1.03 bits per heavy atom.